The molecule has 2 aromatic rings. The Kier molecular flexibility index (Phi) is 2.89. The zero-order valence-electron chi connectivity index (χ0n) is 10.2. The monoisotopic (exact) mass is 240 g/mol. The largest absolute Gasteiger partial charge is 0.439 e. The number of anilines is 1. The van der Waals surface area contributed by atoms with Crippen molar-refractivity contribution in [3.63, 3.8) is 0 Å². The maximum absolute atomic E-state index is 5.87. The number of nitrogens with zero attached hydrogens (tertiary/aromatic N) is 1. The lowest BCUT2D eigenvalue weighted by molar-refractivity contribution is 0.452. The fraction of sp³-hybridized carbons (Fsp3) is 0.267. The highest BCUT2D eigenvalue weighted by molar-refractivity contribution is 5.44. The number of fused-ring (bicyclic) bond motifs is 1. The molecule has 0 bridgehead atoms. The van der Waals surface area contributed by atoms with E-state index >= 15 is 0 Å². The maximum atomic E-state index is 5.87. The van der Waals surface area contributed by atoms with Crippen molar-refractivity contribution in [3.05, 3.63) is 47.7 Å². The van der Waals surface area contributed by atoms with Crippen LogP contribution in [0.1, 0.15) is 24.0 Å². The molecule has 0 saturated heterocycles. The number of aromatic nitrogens is 1. The van der Waals surface area contributed by atoms with Crippen LogP contribution in [-0.2, 0) is 12.8 Å². The first-order valence-corrected chi connectivity index (χ1v) is 6.33. The standard InChI is InChI=1S/C15H16N2O/c16-12-8-9-15(17-10-12)18-14-7-3-5-11-4-1-2-6-13(11)14/h3,5,7-10H,1-2,4,6,16H2. The summed E-state index contributed by atoms with van der Waals surface area (Å²) in [6, 6.07) is 9.87. The molecule has 92 valence electrons. The number of ether oxygens (including phenoxy) is 1. The van der Waals surface area contributed by atoms with Gasteiger partial charge in [-0.15, -0.1) is 0 Å². The Morgan fingerprint density at radius 2 is 1.94 bits per heavy atom. The van der Waals surface area contributed by atoms with E-state index < -0.39 is 0 Å². The second-order valence-corrected chi connectivity index (χ2v) is 4.63. The van der Waals surface area contributed by atoms with E-state index in [0.29, 0.717) is 11.6 Å². The molecule has 0 atom stereocenters. The van der Waals surface area contributed by atoms with Gasteiger partial charge in [0.1, 0.15) is 5.75 Å². The Morgan fingerprint density at radius 1 is 1.06 bits per heavy atom. The van der Waals surface area contributed by atoms with Crippen LogP contribution in [0.2, 0.25) is 0 Å². The van der Waals surface area contributed by atoms with Crippen molar-refractivity contribution in [1.29, 1.82) is 0 Å². The molecule has 1 aromatic heterocycles. The van der Waals surface area contributed by atoms with E-state index in [-0.39, 0.29) is 0 Å². The summed E-state index contributed by atoms with van der Waals surface area (Å²) >= 11 is 0. The average molecular weight is 240 g/mol. The van der Waals surface area contributed by atoms with Crippen LogP contribution in [0.15, 0.2) is 36.5 Å². The smallest absolute Gasteiger partial charge is 0.219 e. The van der Waals surface area contributed by atoms with E-state index in [1.54, 1.807) is 18.3 Å². The molecule has 0 fully saturated rings. The lowest BCUT2D eigenvalue weighted by atomic mass is 9.91. The van der Waals surface area contributed by atoms with Crippen molar-refractivity contribution in [2.45, 2.75) is 25.7 Å². The molecule has 0 radical (unpaired) electrons. The Morgan fingerprint density at radius 3 is 2.78 bits per heavy atom. The molecule has 3 nitrogen and oxygen atoms in total. The van der Waals surface area contributed by atoms with Gasteiger partial charge in [-0.25, -0.2) is 4.98 Å². The first kappa shape index (κ1) is 11.1. The van der Waals surface area contributed by atoms with E-state index in [0.717, 1.165) is 18.6 Å². The quantitative estimate of drug-likeness (QED) is 0.875. The van der Waals surface area contributed by atoms with Crippen molar-refractivity contribution in [1.82, 2.24) is 4.98 Å². The molecular weight excluding hydrogens is 224 g/mol. The molecule has 1 aliphatic carbocycles. The molecule has 3 rings (SSSR count). The average Bonchev–Trinajstić information content (AvgIpc) is 2.42. The Bertz CT molecular complexity index is 549. The molecule has 1 aromatic carbocycles. The van der Waals surface area contributed by atoms with E-state index in [9.17, 15) is 0 Å². The van der Waals surface area contributed by atoms with E-state index in [2.05, 4.69) is 17.1 Å². The Labute approximate surface area is 107 Å². The van der Waals surface area contributed by atoms with E-state index in [1.165, 1.54) is 24.0 Å². The highest BCUT2D eigenvalue weighted by Gasteiger charge is 2.14. The van der Waals surface area contributed by atoms with Gasteiger partial charge in [-0.05, 0) is 48.9 Å². The van der Waals surface area contributed by atoms with Gasteiger partial charge < -0.3 is 10.5 Å². The number of nitrogen functional groups attached to an aromatic ring is 1. The molecule has 1 heterocycles. The van der Waals surface area contributed by atoms with Gasteiger partial charge in [0.05, 0.1) is 11.9 Å². The summed E-state index contributed by atoms with van der Waals surface area (Å²) in [5, 5.41) is 0. The van der Waals surface area contributed by atoms with Gasteiger partial charge in [0.25, 0.3) is 0 Å². The lowest BCUT2D eigenvalue weighted by Crippen LogP contribution is -2.04. The third kappa shape index (κ3) is 2.16. The second-order valence-electron chi connectivity index (χ2n) is 4.63. The molecule has 1 aliphatic rings. The first-order valence-electron chi connectivity index (χ1n) is 6.33. The molecule has 0 spiro atoms. The summed E-state index contributed by atoms with van der Waals surface area (Å²) in [6.07, 6.45) is 6.38. The number of aryl methyl sites for hydroxylation is 1. The van der Waals surface area contributed by atoms with E-state index in [1.807, 2.05) is 6.07 Å². The predicted octanol–water partition coefficient (Wildman–Crippen LogP) is 3.33. The third-order valence-corrected chi connectivity index (χ3v) is 3.33. The summed E-state index contributed by atoms with van der Waals surface area (Å²) in [7, 11) is 0. The molecule has 0 saturated carbocycles. The van der Waals surface area contributed by atoms with Crippen LogP contribution in [0.5, 0.6) is 11.6 Å². The highest BCUT2D eigenvalue weighted by Crippen LogP contribution is 2.32. The van der Waals surface area contributed by atoms with Gasteiger partial charge in [-0.2, -0.15) is 0 Å². The normalized spacial score (nSPS) is 14.0. The number of hydrogen-bond donors (Lipinski definition) is 1. The molecule has 0 aliphatic heterocycles. The number of benzene rings is 1. The van der Waals surface area contributed by atoms with Gasteiger partial charge in [0.2, 0.25) is 5.88 Å². The van der Waals surface area contributed by atoms with Crippen LogP contribution in [0, 0.1) is 0 Å². The van der Waals surface area contributed by atoms with Crippen LogP contribution in [0.25, 0.3) is 0 Å². The summed E-state index contributed by atoms with van der Waals surface area (Å²) in [5.41, 5.74) is 9.01. The minimum absolute atomic E-state index is 0.600. The zero-order chi connectivity index (χ0) is 12.4. The summed E-state index contributed by atoms with van der Waals surface area (Å²) in [4.78, 5) is 4.18. The summed E-state index contributed by atoms with van der Waals surface area (Å²) in [6.45, 7) is 0. The second kappa shape index (κ2) is 4.69. The van der Waals surface area contributed by atoms with Crippen molar-refractivity contribution in [2.24, 2.45) is 0 Å². The fourth-order valence-corrected chi connectivity index (χ4v) is 2.41. The minimum atomic E-state index is 0.600. The number of rotatable bonds is 2. The summed E-state index contributed by atoms with van der Waals surface area (Å²) in [5.74, 6) is 1.53. The van der Waals surface area contributed by atoms with Gasteiger partial charge in [0.15, 0.2) is 0 Å². The van der Waals surface area contributed by atoms with Crippen molar-refractivity contribution in [2.75, 3.05) is 5.73 Å². The van der Waals surface area contributed by atoms with Crippen LogP contribution >= 0.6 is 0 Å². The van der Waals surface area contributed by atoms with Crippen molar-refractivity contribution in [3.8, 4) is 11.6 Å². The van der Waals surface area contributed by atoms with Gasteiger partial charge >= 0.3 is 0 Å². The Hall–Kier alpha value is -2.03. The third-order valence-electron chi connectivity index (χ3n) is 3.33. The van der Waals surface area contributed by atoms with Crippen molar-refractivity contribution < 1.29 is 4.74 Å². The van der Waals surface area contributed by atoms with Gasteiger partial charge in [0, 0.05) is 6.07 Å². The Balaban J connectivity index is 1.90. The minimum Gasteiger partial charge on any atom is -0.439 e. The molecule has 3 heteroatoms. The van der Waals surface area contributed by atoms with Gasteiger partial charge in [-0.3, -0.25) is 0 Å². The number of nitrogens with two attached hydrogens (primary N) is 1. The molecule has 18 heavy (non-hydrogen) atoms. The maximum Gasteiger partial charge on any atom is 0.219 e. The van der Waals surface area contributed by atoms with Crippen LogP contribution in [-0.4, -0.2) is 4.98 Å². The predicted molar refractivity (Wildman–Crippen MR) is 71.8 cm³/mol. The molecule has 0 amide bonds. The first-order chi connectivity index (χ1) is 8.83. The van der Waals surface area contributed by atoms with Crippen LogP contribution in [0.4, 0.5) is 5.69 Å². The van der Waals surface area contributed by atoms with E-state index in [4.69, 9.17) is 10.5 Å². The topological polar surface area (TPSA) is 48.1 Å². The number of pyridine rings is 1. The van der Waals surface area contributed by atoms with Crippen LogP contribution < -0.4 is 10.5 Å². The fourth-order valence-electron chi connectivity index (χ4n) is 2.41. The lowest BCUT2D eigenvalue weighted by Gasteiger charge is -2.18. The van der Waals surface area contributed by atoms with Crippen LogP contribution in [0.3, 0.4) is 0 Å². The highest BCUT2D eigenvalue weighted by atomic mass is 16.5. The van der Waals surface area contributed by atoms with Gasteiger partial charge in [-0.1, -0.05) is 12.1 Å². The van der Waals surface area contributed by atoms with Crippen molar-refractivity contribution >= 4 is 5.69 Å². The summed E-state index contributed by atoms with van der Waals surface area (Å²) < 4.78 is 5.87. The molecule has 2 N–H and O–H groups in total. The zero-order valence-corrected chi connectivity index (χ0v) is 10.2. The number of hydrogen-bond acceptors (Lipinski definition) is 3. The molecule has 0 unspecified atom stereocenters. The SMILES string of the molecule is Nc1ccc(Oc2cccc3c2CCCC3)nc1. The molecular formula is C15H16N2O.